The highest BCUT2D eigenvalue weighted by Crippen LogP contribution is 2.18. The van der Waals surface area contributed by atoms with Gasteiger partial charge in [-0.05, 0) is 19.8 Å². The third-order valence-electron chi connectivity index (χ3n) is 4.07. The predicted molar refractivity (Wildman–Crippen MR) is 69.2 cm³/mol. The van der Waals surface area contributed by atoms with Crippen molar-refractivity contribution in [2.24, 2.45) is 0 Å². The SMILES string of the molecule is CC1C(=O)N(C)CCN1C(=O)NC1CCCCC1. The Morgan fingerprint density at radius 1 is 1.22 bits per heavy atom. The molecule has 1 saturated carbocycles. The molecule has 3 amide bonds. The fourth-order valence-electron chi connectivity index (χ4n) is 2.80. The van der Waals surface area contributed by atoms with Crippen molar-refractivity contribution >= 4 is 11.9 Å². The molecule has 18 heavy (non-hydrogen) atoms. The van der Waals surface area contributed by atoms with Crippen LogP contribution in [-0.2, 0) is 4.79 Å². The summed E-state index contributed by atoms with van der Waals surface area (Å²) >= 11 is 0. The van der Waals surface area contributed by atoms with Crippen LogP contribution in [0.1, 0.15) is 39.0 Å². The van der Waals surface area contributed by atoms with Crippen molar-refractivity contribution < 1.29 is 9.59 Å². The molecule has 0 radical (unpaired) electrons. The molecular weight excluding hydrogens is 230 g/mol. The van der Waals surface area contributed by atoms with Gasteiger partial charge >= 0.3 is 6.03 Å². The van der Waals surface area contributed by atoms with Gasteiger partial charge in [-0.25, -0.2) is 4.79 Å². The summed E-state index contributed by atoms with van der Waals surface area (Å²) in [6, 6.07) is -0.114. The summed E-state index contributed by atoms with van der Waals surface area (Å²) < 4.78 is 0. The number of amides is 3. The lowest BCUT2D eigenvalue weighted by molar-refractivity contribution is -0.137. The van der Waals surface area contributed by atoms with E-state index in [-0.39, 0.29) is 18.0 Å². The molecule has 0 aromatic heterocycles. The topological polar surface area (TPSA) is 52.7 Å². The standard InChI is InChI=1S/C13H23N3O2/c1-10-12(17)15(2)8-9-16(10)13(18)14-11-6-4-3-5-7-11/h10-11H,3-9H2,1-2H3,(H,14,18). The smallest absolute Gasteiger partial charge is 0.318 e. The fourth-order valence-corrected chi connectivity index (χ4v) is 2.80. The number of nitrogens with zero attached hydrogens (tertiary/aromatic N) is 2. The minimum Gasteiger partial charge on any atom is -0.342 e. The number of hydrogen-bond acceptors (Lipinski definition) is 2. The van der Waals surface area contributed by atoms with Gasteiger partial charge in [-0.2, -0.15) is 0 Å². The number of likely N-dealkylation sites (N-methyl/N-ethyl adjacent to an activating group) is 1. The highest BCUT2D eigenvalue weighted by Gasteiger charge is 2.33. The van der Waals surface area contributed by atoms with Gasteiger partial charge in [0.2, 0.25) is 5.91 Å². The maximum absolute atomic E-state index is 12.2. The molecule has 5 heteroatoms. The number of hydrogen-bond donors (Lipinski definition) is 1. The zero-order valence-electron chi connectivity index (χ0n) is 11.3. The first-order valence-electron chi connectivity index (χ1n) is 6.91. The van der Waals surface area contributed by atoms with Crippen LogP contribution in [0.5, 0.6) is 0 Å². The quantitative estimate of drug-likeness (QED) is 0.763. The first-order valence-corrected chi connectivity index (χ1v) is 6.91. The molecule has 0 spiro atoms. The minimum atomic E-state index is -0.340. The first-order chi connectivity index (χ1) is 8.59. The molecule has 1 N–H and O–H groups in total. The molecule has 0 aromatic carbocycles. The van der Waals surface area contributed by atoms with E-state index in [9.17, 15) is 9.59 Å². The van der Waals surface area contributed by atoms with Crippen LogP contribution >= 0.6 is 0 Å². The Hall–Kier alpha value is -1.26. The predicted octanol–water partition coefficient (Wildman–Crippen LogP) is 1.19. The Labute approximate surface area is 108 Å². The molecule has 1 unspecified atom stereocenters. The van der Waals surface area contributed by atoms with Gasteiger partial charge in [0, 0.05) is 26.2 Å². The van der Waals surface area contributed by atoms with E-state index in [4.69, 9.17) is 0 Å². The number of rotatable bonds is 1. The van der Waals surface area contributed by atoms with Crippen molar-refractivity contribution in [3.05, 3.63) is 0 Å². The van der Waals surface area contributed by atoms with Gasteiger partial charge in [0.05, 0.1) is 0 Å². The number of urea groups is 1. The molecule has 1 aliphatic carbocycles. The van der Waals surface area contributed by atoms with E-state index in [0.29, 0.717) is 19.1 Å². The van der Waals surface area contributed by atoms with Crippen LogP contribution < -0.4 is 5.32 Å². The number of nitrogens with one attached hydrogen (secondary N) is 1. The van der Waals surface area contributed by atoms with Gasteiger partial charge in [-0.15, -0.1) is 0 Å². The van der Waals surface area contributed by atoms with Crippen LogP contribution in [0.2, 0.25) is 0 Å². The molecule has 5 nitrogen and oxygen atoms in total. The van der Waals surface area contributed by atoms with Crippen molar-refractivity contribution in [2.75, 3.05) is 20.1 Å². The van der Waals surface area contributed by atoms with Crippen LogP contribution in [-0.4, -0.2) is 54.0 Å². The third kappa shape index (κ3) is 2.76. The number of piperazine rings is 1. The molecular formula is C13H23N3O2. The molecule has 2 fully saturated rings. The van der Waals surface area contributed by atoms with E-state index in [1.165, 1.54) is 19.3 Å². The normalized spacial score (nSPS) is 26.3. The molecule has 1 saturated heterocycles. The second-order valence-corrected chi connectivity index (χ2v) is 5.41. The minimum absolute atomic E-state index is 0.0278. The average Bonchev–Trinajstić information content (AvgIpc) is 2.37. The molecule has 0 bridgehead atoms. The Morgan fingerprint density at radius 2 is 1.89 bits per heavy atom. The molecule has 0 aromatic rings. The van der Waals surface area contributed by atoms with Gasteiger partial charge < -0.3 is 15.1 Å². The molecule has 1 aliphatic heterocycles. The van der Waals surface area contributed by atoms with Gasteiger partial charge in [0.15, 0.2) is 0 Å². The summed E-state index contributed by atoms with van der Waals surface area (Å²) in [5.41, 5.74) is 0. The van der Waals surface area contributed by atoms with E-state index in [0.717, 1.165) is 12.8 Å². The Bertz CT molecular complexity index is 326. The maximum Gasteiger partial charge on any atom is 0.318 e. The van der Waals surface area contributed by atoms with Crippen LogP contribution in [0, 0.1) is 0 Å². The second kappa shape index (κ2) is 5.59. The van der Waals surface area contributed by atoms with E-state index in [1.807, 2.05) is 0 Å². The van der Waals surface area contributed by atoms with Gasteiger partial charge in [-0.1, -0.05) is 19.3 Å². The lowest BCUT2D eigenvalue weighted by Crippen LogP contribution is -2.59. The largest absolute Gasteiger partial charge is 0.342 e. The van der Waals surface area contributed by atoms with Gasteiger partial charge in [0.1, 0.15) is 6.04 Å². The second-order valence-electron chi connectivity index (χ2n) is 5.41. The van der Waals surface area contributed by atoms with Crippen molar-refractivity contribution in [3.8, 4) is 0 Å². The van der Waals surface area contributed by atoms with E-state index >= 15 is 0 Å². The highest BCUT2D eigenvalue weighted by atomic mass is 16.2. The van der Waals surface area contributed by atoms with E-state index in [1.54, 1.807) is 23.8 Å². The van der Waals surface area contributed by atoms with E-state index < -0.39 is 0 Å². The molecule has 1 heterocycles. The fraction of sp³-hybridized carbons (Fsp3) is 0.846. The summed E-state index contributed by atoms with van der Waals surface area (Å²) in [6.45, 7) is 3.06. The monoisotopic (exact) mass is 253 g/mol. The van der Waals surface area contributed by atoms with Crippen LogP contribution in [0.3, 0.4) is 0 Å². The molecule has 102 valence electrons. The summed E-state index contributed by atoms with van der Waals surface area (Å²) in [7, 11) is 1.79. The Balaban J connectivity index is 1.90. The summed E-state index contributed by atoms with van der Waals surface area (Å²) in [5.74, 6) is 0.0278. The van der Waals surface area contributed by atoms with Gasteiger partial charge in [0.25, 0.3) is 0 Å². The molecule has 1 atom stereocenters. The van der Waals surface area contributed by atoms with Crippen molar-refractivity contribution in [2.45, 2.75) is 51.1 Å². The van der Waals surface area contributed by atoms with Crippen LogP contribution in [0.4, 0.5) is 4.79 Å². The first kappa shape index (κ1) is 13.2. The maximum atomic E-state index is 12.2. The van der Waals surface area contributed by atoms with Crippen LogP contribution in [0.15, 0.2) is 0 Å². The van der Waals surface area contributed by atoms with Crippen LogP contribution in [0.25, 0.3) is 0 Å². The zero-order chi connectivity index (χ0) is 13.1. The summed E-state index contributed by atoms with van der Waals surface area (Å²) in [4.78, 5) is 27.4. The summed E-state index contributed by atoms with van der Waals surface area (Å²) in [6.07, 6.45) is 5.81. The van der Waals surface area contributed by atoms with Crippen molar-refractivity contribution in [1.82, 2.24) is 15.1 Å². The lowest BCUT2D eigenvalue weighted by atomic mass is 9.96. The zero-order valence-corrected chi connectivity index (χ0v) is 11.3. The third-order valence-corrected chi connectivity index (χ3v) is 4.07. The molecule has 2 aliphatic rings. The number of carbonyl (C=O) groups is 2. The van der Waals surface area contributed by atoms with Crippen molar-refractivity contribution in [1.29, 1.82) is 0 Å². The molecule has 2 rings (SSSR count). The van der Waals surface area contributed by atoms with E-state index in [2.05, 4.69) is 5.32 Å². The Morgan fingerprint density at radius 3 is 2.56 bits per heavy atom. The lowest BCUT2D eigenvalue weighted by Gasteiger charge is -2.38. The van der Waals surface area contributed by atoms with Gasteiger partial charge in [-0.3, -0.25) is 4.79 Å². The highest BCUT2D eigenvalue weighted by molar-refractivity contribution is 5.87. The number of carbonyl (C=O) groups excluding carboxylic acids is 2. The Kier molecular flexibility index (Phi) is 4.09. The van der Waals surface area contributed by atoms with Crippen molar-refractivity contribution in [3.63, 3.8) is 0 Å². The average molecular weight is 253 g/mol. The summed E-state index contributed by atoms with van der Waals surface area (Å²) in [5, 5.41) is 3.07.